The van der Waals surface area contributed by atoms with Crippen LogP contribution in [0.4, 0.5) is 0 Å². The van der Waals surface area contributed by atoms with Crippen LogP contribution in [0.5, 0.6) is 5.75 Å². The Morgan fingerprint density at radius 2 is 1.94 bits per heavy atom. The fourth-order valence-corrected chi connectivity index (χ4v) is 2.02. The average Bonchev–Trinajstić information content (AvgIpc) is 2.36. The predicted molar refractivity (Wildman–Crippen MR) is 66.6 cm³/mol. The molecule has 0 unspecified atom stereocenters. The largest absolute Gasteiger partial charge is 0.496 e. The van der Waals surface area contributed by atoms with Gasteiger partial charge in [-0.05, 0) is 23.8 Å². The predicted octanol–water partition coefficient (Wildman–Crippen LogP) is 3.04. The van der Waals surface area contributed by atoms with Gasteiger partial charge < -0.3 is 9.84 Å². The first-order valence-corrected chi connectivity index (χ1v) is 5.43. The van der Waals surface area contributed by atoms with Crippen LogP contribution < -0.4 is 4.74 Å². The number of ether oxygens (including phenoxy) is 1. The van der Waals surface area contributed by atoms with Crippen LogP contribution in [0.15, 0.2) is 36.4 Å². The van der Waals surface area contributed by atoms with Gasteiger partial charge in [0.2, 0.25) is 0 Å². The molecular formula is C14H14O3. The van der Waals surface area contributed by atoms with Gasteiger partial charge in [-0.25, -0.2) is 0 Å². The number of aliphatic carboxylic acids is 1. The Balaban J connectivity index is 2.75. The fraction of sp³-hybridized carbons (Fsp3) is 0.214. The summed E-state index contributed by atoms with van der Waals surface area (Å²) in [5.41, 5.74) is 0.734. The van der Waals surface area contributed by atoms with Crippen molar-refractivity contribution in [1.29, 1.82) is 0 Å². The lowest BCUT2D eigenvalue weighted by molar-refractivity contribution is -0.138. The third-order valence-electron chi connectivity index (χ3n) is 2.95. The Bertz CT molecular complexity index is 560. The Kier molecular flexibility index (Phi) is 3.00. The van der Waals surface area contributed by atoms with Crippen molar-refractivity contribution in [3.8, 4) is 5.75 Å². The van der Waals surface area contributed by atoms with E-state index in [4.69, 9.17) is 9.84 Å². The van der Waals surface area contributed by atoms with Crippen molar-refractivity contribution in [2.24, 2.45) is 0 Å². The molecule has 0 saturated carbocycles. The summed E-state index contributed by atoms with van der Waals surface area (Å²) in [6.07, 6.45) is 0. The number of fused-ring (bicyclic) bond motifs is 1. The molecule has 17 heavy (non-hydrogen) atoms. The minimum atomic E-state index is -0.848. The van der Waals surface area contributed by atoms with Gasteiger partial charge in [0.05, 0.1) is 13.0 Å². The minimum Gasteiger partial charge on any atom is -0.496 e. The molecule has 2 aromatic carbocycles. The Labute approximate surface area is 99.6 Å². The molecule has 2 rings (SSSR count). The highest BCUT2D eigenvalue weighted by molar-refractivity contribution is 5.92. The van der Waals surface area contributed by atoms with Crippen molar-refractivity contribution < 1.29 is 14.6 Å². The molecule has 3 heteroatoms. The number of carboxylic acids is 1. The summed E-state index contributed by atoms with van der Waals surface area (Å²) in [6.45, 7) is 1.67. The molecule has 0 radical (unpaired) electrons. The summed E-state index contributed by atoms with van der Waals surface area (Å²) in [7, 11) is 1.56. The lowest BCUT2D eigenvalue weighted by Gasteiger charge is -2.15. The van der Waals surface area contributed by atoms with E-state index in [0.29, 0.717) is 5.75 Å². The van der Waals surface area contributed by atoms with E-state index in [1.165, 1.54) is 0 Å². The molecule has 0 amide bonds. The molecule has 1 atom stereocenters. The molecule has 0 heterocycles. The third kappa shape index (κ3) is 1.96. The molecule has 0 bridgehead atoms. The van der Waals surface area contributed by atoms with E-state index in [-0.39, 0.29) is 0 Å². The quantitative estimate of drug-likeness (QED) is 0.881. The van der Waals surface area contributed by atoms with E-state index in [0.717, 1.165) is 16.3 Å². The SMILES string of the molecule is COc1ccc2ccccc2c1[C@H](C)C(=O)O. The lowest BCUT2D eigenvalue weighted by atomic mass is 9.94. The standard InChI is InChI=1S/C14H14O3/c1-9(14(15)16)13-11-6-4-3-5-10(11)7-8-12(13)17-2/h3-9H,1-2H3,(H,15,16)/t9-/m0/s1. The van der Waals surface area contributed by atoms with Crippen molar-refractivity contribution in [3.63, 3.8) is 0 Å². The highest BCUT2D eigenvalue weighted by atomic mass is 16.5. The van der Waals surface area contributed by atoms with E-state index in [2.05, 4.69) is 0 Å². The lowest BCUT2D eigenvalue weighted by Crippen LogP contribution is -2.09. The number of methoxy groups -OCH3 is 1. The first-order valence-electron chi connectivity index (χ1n) is 5.43. The monoisotopic (exact) mass is 230 g/mol. The summed E-state index contributed by atoms with van der Waals surface area (Å²) in [4.78, 5) is 11.2. The Morgan fingerprint density at radius 3 is 2.59 bits per heavy atom. The van der Waals surface area contributed by atoms with Crippen molar-refractivity contribution in [3.05, 3.63) is 42.0 Å². The summed E-state index contributed by atoms with van der Waals surface area (Å²) in [5, 5.41) is 11.1. The zero-order chi connectivity index (χ0) is 12.4. The highest BCUT2D eigenvalue weighted by Gasteiger charge is 2.20. The van der Waals surface area contributed by atoms with Gasteiger partial charge in [0.15, 0.2) is 0 Å². The van der Waals surface area contributed by atoms with E-state index in [1.54, 1.807) is 14.0 Å². The van der Waals surface area contributed by atoms with Crippen molar-refractivity contribution in [1.82, 2.24) is 0 Å². The molecule has 0 aliphatic carbocycles. The normalized spacial score (nSPS) is 12.4. The number of carbonyl (C=O) groups is 1. The second kappa shape index (κ2) is 4.45. The average molecular weight is 230 g/mol. The van der Waals surface area contributed by atoms with Crippen LogP contribution in [0.3, 0.4) is 0 Å². The number of hydrogen-bond donors (Lipinski definition) is 1. The fourth-order valence-electron chi connectivity index (χ4n) is 2.02. The molecular weight excluding hydrogens is 216 g/mol. The Morgan fingerprint density at radius 1 is 1.24 bits per heavy atom. The van der Waals surface area contributed by atoms with Crippen molar-refractivity contribution in [2.75, 3.05) is 7.11 Å². The van der Waals surface area contributed by atoms with E-state index in [1.807, 2.05) is 36.4 Å². The zero-order valence-corrected chi connectivity index (χ0v) is 9.81. The van der Waals surface area contributed by atoms with Crippen LogP contribution in [0.2, 0.25) is 0 Å². The third-order valence-corrected chi connectivity index (χ3v) is 2.95. The number of rotatable bonds is 3. The molecule has 1 N–H and O–H groups in total. The molecule has 0 aliphatic heterocycles. The molecule has 0 spiro atoms. The maximum atomic E-state index is 11.2. The second-order valence-electron chi connectivity index (χ2n) is 3.96. The molecule has 3 nitrogen and oxygen atoms in total. The van der Waals surface area contributed by atoms with Gasteiger partial charge in [0.25, 0.3) is 0 Å². The second-order valence-corrected chi connectivity index (χ2v) is 3.96. The van der Waals surface area contributed by atoms with E-state index in [9.17, 15) is 4.79 Å². The van der Waals surface area contributed by atoms with Crippen molar-refractivity contribution in [2.45, 2.75) is 12.8 Å². The molecule has 0 fully saturated rings. The first-order chi connectivity index (χ1) is 8.15. The van der Waals surface area contributed by atoms with Gasteiger partial charge in [0, 0.05) is 5.56 Å². The number of hydrogen-bond acceptors (Lipinski definition) is 2. The summed E-state index contributed by atoms with van der Waals surface area (Å²) < 4.78 is 5.26. The van der Waals surface area contributed by atoms with Crippen LogP contribution in [0, 0.1) is 0 Å². The first kappa shape index (κ1) is 11.5. The molecule has 0 aromatic heterocycles. The minimum absolute atomic E-state index is 0.587. The van der Waals surface area contributed by atoms with Crippen molar-refractivity contribution >= 4 is 16.7 Å². The number of carboxylic acid groups (broad SMARTS) is 1. The molecule has 0 saturated heterocycles. The maximum Gasteiger partial charge on any atom is 0.310 e. The van der Waals surface area contributed by atoms with Crippen LogP contribution in [-0.2, 0) is 4.79 Å². The number of benzene rings is 2. The Hall–Kier alpha value is -2.03. The van der Waals surface area contributed by atoms with Crippen LogP contribution in [0.1, 0.15) is 18.4 Å². The summed E-state index contributed by atoms with van der Waals surface area (Å²) in [6, 6.07) is 11.5. The van der Waals surface area contributed by atoms with Crippen LogP contribution in [-0.4, -0.2) is 18.2 Å². The topological polar surface area (TPSA) is 46.5 Å². The molecule has 2 aromatic rings. The van der Waals surface area contributed by atoms with Crippen LogP contribution in [0.25, 0.3) is 10.8 Å². The van der Waals surface area contributed by atoms with E-state index < -0.39 is 11.9 Å². The smallest absolute Gasteiger partial charge is 0.310 e. The molecule has 0 aliphatic rings. The van der Waals surface area contributed by atoms with E-state index >= 15 is 0 Å². The maximum absolute atomic E-state index is 11.2. The van der Waals surface area contributed by atoms with Gasteiger partial charge in [-0.1, -0.05) is 30.3 Å². The van der Waals surface area contributed by atoms with Gasteiger partial charge in [-0.2, -0.15) is 0 Å². The van der Waals surface area contributed by atoms with Gasteiger partial charge >= 0.3 is 5.97 Å². The summed E-state index contributed by atoms with van der Waals surface area (Å²) in [5.74, 6) is -0.811. The van der Waals surface area contributed by atoms with Crippen LogP contribution >= 0.6 is 0 Å². The highest BCUT2D eigenvalue weighted by Crippen LogP contribution is 2.34. The van der Waals surface area contributed by atoms with Gasteiger partial charge in [-0.3, -0.25) is 4.79 Å². The van der Waals surface area contributed by atoms with Gasteiger partial charge in [-0.15, -0.1) is 0 Å². The zero-order valence-electron chi connectivity index (χ0n) is 9.81. The van der Waals surface area contributed by atoms with Gasteiger partial charge in [0.1, 0.15) is 5.75 Å². The summed E-state index contributed by atoms with van der Waals surface area (Å²) >= 11 is 0. The molecule has 88 valence electrons.